The highest BCUT2D eigenvalue weighted by atomic mass is 79.9. The summed E-state index contributed by atoms with van der Waals surface area (Å²) in [5.41, 5.74) is 3.37. The van der Waals surface area contributed by atoms with Crippen molar-refractivity contribution in [2.24, 2.45) is 0 Å². The van der Waals surface area contributed by atoms with Crippen molar-refractivity contribution in [2.45, 2.75) is 30.6 Å². The average molecular weight is 339 g/mol. The number of hydrogen-bond donors (Lipinski definition) is 0. The van der Waals surface area contributed by atoms with Crippen LogP contribution in [0.15, 0.2) is 18.2 Å². The van der Waals surface area contributed by atoms with Gasteiger partial charge in [-0.3, -0.25) is 0 Å². The molecule has 19 heavy (non-hydrogen) atoms. The largest absolute Gasteiger partial charge is 0.411 e. The van der Waals surface area contributed by atoms with Crippen molar-refractivity contribution in [2.75, 3.05) is 13.2 Å². The van der Waals surface area contributed by atoms with E-state index < -0.39 is 12.8 Å². The molecule has 1 aliphatic rings. The summed E-state index contributed by atoms with van der Waals surface area (Å²) in [6, 6.07) is 6.00. The number of benzene rings is 1. The van der Waals surface area contributed by atoms with Crippen molar-refractivity contribution in [3.8, 4) is 0 Å². The third kappa shape index (κ3) is 4.47. The van der Waals surface area contributed by atoms with E-state index in [-0.39, 0.29) is 11.4 Å². The Balaban J connectivity index is 1.81. The molecule has 6 heteroatoms. The van der Waals surface area contributed by atoms with Crippen LogP contribution in [0.4, 0.5) is 13.2 Å². The third-order valence-electron chi connectivity index (χ3n) is 2.89. The second kappa shape index (κ2) is 6.24. The van der Waals surface area contributed by atoms with Crippen LogP contribution in [0.1, 0.15) is 27.9 Å². The zero-order valence-corrected chi connectivity index (χ0v) is 11.8. The Morgan fingerprint density at radius 1 is 1.26 bits per heavy atom. The highest BCUT2D eigenvalue weighted by Crippen LogP contribution is 2.30. The summed E-state index contributed by atoms with van der Waals surface area (Å²) in [6.45, 7) is 0.123. The Morgan fingerprint density at radius 3 is 2.74 bits per heavy atom. The van der Waals surface area contributed by atoms with Gasteiger partial charge in [-0.05, 0) is 23.1 Å². The molecule has 0 saturated heterocycles. The number of fused-ring (bicyclic) bond motifs is 1. The predicted molar refractivity (Wildman–Crippen MR) is 68.1 cm³/mol. The van der Waals surface area contributed by atoms with Gasteiger partial charge < -0.3 is 9.47 Å². The molecule has 1 heterocycles. The molecule has 1 aromatic carbocycles. The maximum atomic E-state index is 11.9. The molecule has 1 atom stereocenters. The SMILES string of the molecule is FC(F)(F)COCCC(Br)c1ccc2c(c1)COC2. The van der Waals surface area contributed by atoms with Gasteiger partial charge in [0.1, 0.15) is 6.61 Å². The maximum absolute atomic E-state index is 11.9. The number of ether oxygens (including phenoxy) is 2. The summed E-state index contributed by atoms with van der Waals surface area (Å²) in [7, 11) is 0. The van der Waals surface area contributed by atoms with Crippen molar-refractivity contribution in [1.82, 2.24) is 0 Å². The van der Waals surface area contributed by atoms with E-state index >= 15 is 0 Å². The first-order valence-electron chi connectivity index (χ1n) is 5.94. The highest BCUT2D eigenvalue weighted by Gasteiger charge is 2.27. The smallest absolute Gasteiger partial charge is 0.372 e. The summed E-state index contributed by atoms with van der Waals surface area (Å²) < 4.78 is 45.6. The van der Waals surface area contributed by atoms with Crippen molar-refractivity contribution in [3.05, 3.63) is 34.9 Å². The van der Waals surface area contributed by atoms with Gasteiger partial charge >= 0.3 is 6.18 Å². The fourth-order valence-corrected chi connectivity index (χ4v) is 2.40. The van der Waals surface area contributed by atoms with Gasteiger partial charge in [0.05, 0.1) is 13.2 Å². The minimum atomic E-state index is -4.26. The standard InChI is InChI=1S/C13H14BrF3O2/c14-12(3-4-18-8-13(15,16)17)9-1-2-10-6-19-7-11(10)5-9/h1-2,5,12H,3-4,6-8H2. The zero-order valence-electron chi connectivity index (χ0n) is 10.2. The molecule has 1 unspecified atom stereocenters. The molecule has 0 fully saturated rings. The van der Waals surface area contributed by atoms with Crippen molar-refractivity contribution in [1.29, 1.82) is 0 Å². The molecule has 0 radical (unpaired) electrons. The molecular weight excluding hydrogens is 325 g/mol. The van der Waals surface area contributed by atoms with Gasteiger partial charge in [-0.25, -0.2) is 0 Å². The average Bonchev–Trinajstić information content (AvgIpc) is 2.80. The second-order valence-corrected chi connectivity index (χ2v) is 5.55. The van der Waals surface area contributed by atoms with Crippen LogP contribution in [0.3, 0.4) is 0 Å². The Morgan fingerprint density at radius 2 is 2.00 bits per heavy atom. The van der Waals surface area contributed by atoms with E-state index in [2.05, 4.69) is 20.7 Å². The van der Waals surface area contributed by atoms with Crippen LogP contribution in [0.25, 0.3) is 0 Å². The van der Waals surface area contributed by atoms with Gasteiger partial charge in [0, 0.05) is 11.4 Å². The highest BCUT2D eigenvalue weighted by molar-refractivity contribution is 9.09. The van der Waals surface area contributed by atoms with E-state index in [1.807, 2.05) is 18.2 Å². The van der Waals surface area contributed by atoms with Crippen LogP contribution in [0.2, 0.25) is 0 Å². The van der Waals surface area contributed by atoms with E-state index in [0.29, 0.717) is 19.6 Å². The third-order valence-corrected chi connectivity index (χ3v) is 3.88. The van der Waals surface area contributed by atoms with Crippen LogP contribution >= 0.6 is 15.9 Å². The van der Waals surface area contributed by atoms with Gasteiger partial charge in [0.2, 0.25) is 0 Å². The van der Waals surface area contributed by atoms with Crippen LogP contribution in [0, 0.1) is 0 Å². The van der Waals surface area contributed by atoms with Gasteiger partial charge in [0.15, 0.2) is 0 Å². The van der Waals surface area contributed by atoms with Crippen LogP contribution in [-0.2, 0) is 22.7 Å². The number of halogens is 4. The number of alkyl halides is 4. The van der Waals surface area contributed by atoms with E-state index in [9.17, 15) is 13.2 Å². The summed E-state index contributed by atoms with van der Waals surface area (Å²) in [5, 5.41) is 0. The van der Waals surface area contributed by atoms with Gasteiger partial charge in [0.25, 0.3) is 0 Å². The molecule has 0 aromatic heterocycles. The first-order valence-corrected chi connectivity index (χ1v) is 6.85. The lowest BCUT2D eigenvalue weighted by atomic mass is 10.0. The van der Waals surface area contributed by atoms with Gasteiger partial charge in [-0.15, -0.1) is 0 Å². The molecule has 0 amide bonds. The minimum Gasteiger partial charge on any atom is -0.372 e. The molecule has 1 aromatic rings. The molecule has 0 saturated carbocycles. The van der Waals surface area contributed by atoms with Gasteiger partial charge in [-0.2, -0.15) is 13.2 Å². The van der Waals surface area contributed by atoms with Crippen molar-refractivity contribution < 1.29 is 22.6 Å². The lowest BCUT2D eigenvalue weighted by Crippen LogP contribution is -2.17. The second-order valence-electron chi connectivity index (χ2n) is 4.44. The zero-order chi connectivity index (χ0) is 13.9. The van der Waals surface area contributed by atoms with Crippen molar-refractivity contribution in [3.63, 3.8) is 0 Å². The topological polar surface area (TPSA) is 18.5 Å². The summed E-state index contributed by atoms with van der Waals surface area (Å²) >= 11 is 3.47. The minimum absolute atomic E-state index is 0.00775. The van der Waals surface area contributed by atoms with E-state index in [1.165, 1.54) is 5.56 Å². The summed E-state index contributed by atoms with van der Waals surface area (Å²) in [6.07, 6.45) is -3.76. The van der Waals surface area contributed by atoms with Gasteiger partial charge in [-0.1, -0.05) is 34.1 Å². The summed E-state index contributed by atoms with van der Waals surface area (Å²) in [4.78, 5) is -0.00775. The fraction of sp³-hybridized carbons (Fsp3) is 0.538. The molecule has 1 aliphatic heterocycles. The molecule has 0 aliphatic carbocycles. The van der Waals surface area contributed by atoms with E-state index in [0.717, 1.165) is 11.1 Å². The fourth-order valence-electron chi connectivity index (χ4n) is 1.93. The molecule has 2 nitrogen and oxygen atoms in total. The molecule has 2 rings (SSSR count). The van der Waals surface area contributed by atoms with Crippen LogP contribution < -0.4 is 0 Å². The monoisotopic (exact) mass is 338 g/mol. The molecular formula is C13H14BrF3O2. The molecule has 0 N–H and O–H groups in total. The molecule has 0 bridgehead atoms. The van der Waals surface area contributed by atoms with E-state index in [4.69, 9.17) is 4.74 Å². The number of hydrogen-bond acceptors (Lipinski definition) is 2. The Labute approximate surface area is 118 Å². The summed E-state index contributed by atoms with van der Waals surface area (Å²) in [5.74, 6) is 0. The maximum Gasteiger partial charge on any atom is 0.411 e. The Hall–Kier alpha value is -0.590. The van der Waals surface area contributed by atoms with Crippen molar-refractivity contribution >= 4 is 15.9 Å². The lowest BCUT2D eigenvalue weighted by Gasteiger charge is -2.12. The number of rotatable bonds is 5. The Kier molecular flexibility index (Phi) is 4.86. The first-order chi connectivity index (χ1) is 8.96. The predicted octanol–water partition coefficient (Wildman–Crippen LogP) is 4.12. The van der Waals surface area contributed by atoms with Crippen LogP contribution in [-0.4, -0.2) is 19.4 Å². The quantitative estimate of drug-likeness (QED) is 0.593. The molecule has 0 spiro atoms. The van der Waals surface area contributed by atoms with E-state index in [1.54, 1.807) is 0 Å². The van der Waals surface area contributed by atoms with Crippen LogP contribution in [0.5, 0.6) is 0 Å². The Bertz CT molecular complexity index is 434. The lowest BCUT2D eigenvalue weighted by molar-refractivity contribution is -0.174. The normalized spacial score (nSPS) is 16.4. The molecule has 106 valence electrons. The first kappa shape index (κ1) is 14.8.